The van der Waals surface area contributed by atoms with Gasteiger partial charge in [-0.05, 0) is 24.7 Å². The zero-order valence-corrected chi connectivity index (χ0v) is 9.49. The molecule has 0 spiro atoms. The average Bonchev–Trinajstić information content (AvgIpc) is 2.14. The second kappa shape index (κ2) is 6.79. The highest BCUT2D eigenvalue weighted by Crippen LogP contribution is 2.30. The standard InChI is InChI=1S/C10H22OS/c1-4-10(5-2,6-3)9-11-7-8-12/h12H,4-9H2,1-3H3. The summed E-state index contributed by atoms with van der Waals surface area (Å²) in [5, 5.41) is 0. The molecule has 0 amide bonds. The van der Waals surface area contributed by atoms with E-state index in [1.54, 1.807) is 0 Å². The summed E-state index contributed by atoms with van der Waals surface area (Å²) in [6.07, 6.45) is 3.64. The molecule has 0 heterocycles. The Kier molecular flexibility index (Phi) is 6.96. The summed E-state index contributed by atoms with van der Waals surface area (Å²) < 4.78 is 5.54. The lowest BCUT2D eigenvalue weighted by molar-refractivity contribution is 0.0436. The van der Waals surface area contributed by atoms with Crippen LogP contribution in [0.1, 0.15) is 40.0 Å². The molecule has 12 heavy (non-hydrogen) atoms. The summed E-state index contributed by atoms with van der Waals surface area (Å²) in [5.41, 5.74) is 0.420. The van der Waals surface area contributed by atoms with Crippen molar-refractivity contribution in [1.82, 2.24) is 0 Å². The molecule has 0 radical (unpaired) electrons. The molecular formula is C10H22OS. The molecule has 0 aliphatic heterocycles. The lowest BCUT2D eigenvalue weighted by atomic mass is 9.81. The van der Waals surface area contributed by atoms with Crippen molar-refractivity contribution in [1.29, 1.82) is 0 Å². The highest BCUT2D eigenvalue weighted by atomic mass is 32.1. The first-order valence-corrected chi connectivity index (χ1v) is 5.56. The first-order valence-electron chi connectivity index (χ1n) is 4.93. The smallest absolute Gasteiger partial charge is 0.0554 e. The van der Waals surface area contributed by atoms with Crippen molar-refractivity contribution in [3.05, 3.63) is 0 Å². The van der Waals surface area contributed by atoms with Gasteiger partial charge in [0.05, 0.1) is 13.2 Å². The fourth-order valence-corrected chi connectivity index (χ4v) is 1.54. The van der Waals surface area contributed by atoms with Gasteiger partial charge in [-0.3, -0.25) is 0 Å². The van der Waals surface area contributed by atoms with E-state index in [2.05, 4.69) is 33.4 Å². The Morgan fingerprint density at radius 3 is 1.92 bits per heavy atom. The third kappa shape index (κ3) is 3.81. The van der Waals surface area contributed by atoms with Gasteiger partial charge in [0.25, 0.3) is 0 Å². The molecule has 1 nitrogen and oxygen atoms in total. The van der Waals surface area contributed by atoms with Crippen LogP contribution in [0.3, 0.4) is 0 Å². The van der Waals surface area contributed by atoms with Gasteiger partial charge in [-0.2, -0.15) is 12.6 Å². The maximum absolute atomic E-state index is 5.54. The van der Waals surface area contributed by atoms with Gasteiger partial charge < -0.3 is 4.74 Å². The van der Waals surface area contributed by atoms with Crippen molar-refractivity contribution in [2.75, 3.05) is 19.0 Å². The molecule has 0 bridgehead atoms. The second-order valence-electron chi connectivity index (χ2n) is 3.34. The van der Waals surface area contributed by atoms with E-state index in [9.17, 15) is 0 Å². The summed E-state index contributed by atoms with van der Waals surface area (Å²) in [6, 6.07) is 0. The third-order valence-electron chi connectivity index (χ3n) is 2.89. The molecular weight excluding hydrogens is 168 g/mol. The summed E-state index contributed by atoms with van der Waals surface area (Å²) in [4.78, 5) is 0. The van der Waals surface area contributed by atoms with E-state index in [-0.39, 0.29) is 0 Å². The van der Waals surface area contributed by atoms with E-state index in [1.165, 1.54) is 19.3 Å². The van der Waals surface area contributed by atoms with Gasteiger partial charge in [0.2, 0.25) is 0 Å². The minimum atomic E-state index is 0.420. The molecule has 0 aromatic rings. The van der Waals surface area contributed by atoms with Crippen LogP contribution in [-0.2, 0) is 4.74 Å². The summed E-state index contributed by atoms with van der Waals surface area (Å²) in [5.74, 6) is 0.827. The first kappa shape index (κ1) is 12.3. The maximum Gasteiger partial charge on any atom is 0.0554 e. The second-order valence-corrected chi connectivity index (χ2v) is 3.78. The predicted octanol–water partition coefficient (Wildman–Crippen LogP) is 3.15. The fraction of sp³-hybridized carbons (Fsp3) is 1.00. The molecule has 0 saturated carbocycles. The van der Waals surface area contributed by atoms with Crippen LogP contribution in [0.25, 0.3) is 0 Å². The normalized spacial score (nSPS) is 12.0. The van der Waals surface area contributed by atoms with Crippen molar-refractivity contribution in [3.8, 4) is 0 Å². The number of thiol groups is 1. The highest BCUT2D eigenvalue weighted by molar-refractivity contribution is 7.80. The molecule has 0 saturated heterocycles. The average molecular weight is 190 g/mol. The van der Waals surface area contributed by atoms with Crippen LogP contribution in [0.4, 0.5) is 0 Å². The van der Waals surface area contributed by atoms with Crippen LogP contribution in [0.15, 0.2) is 0 Å². The largest absolute Gasteiger partial charge is 0.380 e. The third-order valence-corrected chi connectivity index (χ3v) is 3.08. The van der Waals surface area contributed by atoms with Crippen LogP contribution >= 0.6 is 12.6 Å². The molecule has 0 rings (SSSR count). The molecule has 0 aromatic heterocycles. The minimum Gasteiger partial charge on any atom is -0.380 e. The molecule has 74 valence electrons. The molecule has 0 unspecified atom stereocenters. The lowest BCUT2D eigenvalue weighted by Gasteiger charge is -2.29. The van der Waals surface area contributed by atoms with Crippen molar-refractivity contribution in [2.24, 2.45) is 5.41 Å². The van der Waals surface area contributed by atoms with Gasteiger partial charge >= 0.3 is 0 Å². The first-order chi connectivity index (χ1) is 5.74. The van der Waals surface area contributed by atoms with E-state index >= 15 is 0 Å². The number of hydrogen-bond donors (Lipinski definition) is 1. The predicted molar refractivity (Wildman–Crippen MR) is 58.0 cm³/mol. The lowest BCUT2D eigenvalue weighted by Crippen LogP contribution is -2.25. The van der Waals surface area contributed by atoms with Crippen LogP contribution in [-0.4, -0.2) is 19.0 Å². The summed E-state index contributed by atoms with van der Waals surface area (Å²) in [6.45, 7) is 8.42. The topological polar surface area (TPSA) is 9.23 Å². The zero-order valence-electron chi connectivity index (χ0n) is 8.60. The highest BCUT2D eigenvalue weighted by Gasteiger charge is 2.23. The molecule has 0 aromatic carbocycles. The SMILES string of the molecule is CCC(CC)(CC)COCCS. The van der Waals surface area contributed by atoms with E-state index in [0.29, 0.717) is 5.41 Å². The number of ether oxygens (including phenoxy) is 1. The van der Waals surface area contributed by atoms with Crippen molar-refractivity contribution < 1.29 is 4.74 Å². The molecule has 0 aliphatic carbocycles. The quantitative estimate of drug-likeness (QED) is 0.479. The number of hydrogen-bond acceptors (Lipinski definition) is 2. The van der Waals surface area contributed by atoms with Gasteiger partial charge in [-0.25, -0.2) is 0 Å². The van der Waals surface area contributed by atoms with Crippen molar-refractivity contribution >= 4 is 12.6 Å². The van der Waals surface area contributed by atoms with Crippen LogP contribution in [0.5, 0.6) is 0 Å². The summed E-state index contributed by atoms with van der Waals surface area (Å²) in [7, 11) is 0. The van der Waals surface area contributed by atoms with E-state index in [4.69, 9.17) is 4.74 Å². The molecule has 0 aliphatic rings. The van der Waals surface area contributed by atoms with Gasteiger partial charge in [0, 0.05) is 5.75 Å². The van der Waals surface area contributed by atoms with E-state index in [0.717, 1.165) is 19.0 Å². The van der Waals surface area contributed by atoms with Crippen LogP contribution in [0, 0.1) is 5.41 Å². The van der Waals surface area contributed by atoms with Gasteiger partial charge in [0.1, 0.15) is 0 Å². The Morgan fingerprint density at radius 2 is 1.58 bits per heavy atom. The van der Waals surface area contributed by atoms with Crippen LogP contribution < -0.4 is 0 Å². The van der Waals surface area contributed by atoms with Crippen molar-refractivity contribution in [3.63, 3.8) is 0 Å². The molecule has 0 fully saturated rings. The van der Waals surface area contributed by atoms with Gasteiger partial charge in [-0.15, -0.1) is 0 Å². The fourth-order valence-electron chi connectivity index (χ4n) is 1.41. The van der Waals surface area contributed by atoms with Crippen molar-refractivity contribution in [2.45, 2.75) is 40.0 Å². The van der Waals surface area contributed by atoms with Gasteiger partial charge in [0.15, 0.2) is 0 Å². The molecule has 0 atom stereocenters. The van der Waals surface area contributed by atoms with E-state index in [1.807, 2.05) is 0 Å². The Bertz CT molecular complexity index is 91.7. The molecule has 2 heteroatoms. The molecule has 0 N–H and O–H groups in total. The van der Waals surface area contributed by atoms with E-state index < -0.39 is 0 Å². The Labute approximate surface area is 82.3 Å². The zero-order chi connectivity index (χ0) is 9.45. The monoisotopic (exact) mass is 190 g/mol. The van der Waals surface area contributed by atoms with Gasteiger partial charge in [-0.1, -0.05) is 20.8 Å². The minimum absolute atomic E-state index is 0.420. The Balaban J connectivity index is 3.76. The number of rotatable bonds is 7. The van der Waals surface area contributed by atoms with Crippen LogP contribution in [0.2, 0.25) is 0 Å². The summed E-state index contributed by atoms with van der Waals surface area (Å²) >= 11 is 4.11. The Hall–Kier alpha value is 0.310. The Morgan fingerprint density at radius 1 is 1.08 bits per heavy atom. The maximum atomic E-state index is 5.54.